The van der Waals surface area contributed by atoms with E-state index in [-0.39, 0.29) is 12.3 Å². The molecule has 0 spiro atoms. The number of carbonyl (C=O) groups is 3. The van der Waals surface area contributed by atoms with E-state index in [1.807, 2.05) is 0 Å². The van der Waals surface area contributed by atoms with Gasteiger partial charge in [0.2, 0.25) is 5.78 Å². The number of aromatic nitrogens is 4. The van der Waals surface area contributed by atoms with Gasteiger partial charge in [-0.25, -0.2) is 19.3 Å². The van der Waals surface area contributed by atoms with Gasteiger partial charge in [-0.1, -0.05) is 12.1 Å². The Labute approximate surface area is 173 Å². The van der Waals surface area contributed by atoms with Crippen molar-refractivity contribution in [3.05, 3.63) is 70.6 Å². The van der Waals surface area contributed by atoms with Gasteiger partial charge < -0.3 is 14.5 Å². The fourth-order valence-electron chi connectivity index (χ4n) is 3.11. The smallest absolute Gasteiger partial charge is 0.355 e. The zero-order chi connectivity index (χ0) is 21.7. The van der Waals surface area contributed by atoms with Gasteiger partial charge in [-0.2, -0.15) is 5.10 Å². The number of aryl methyl sites for hydroxylation is 1. The van der Waals surface area contributed by atoms with Crippen LogP contribution in [0, 0.1) is 13.8 Å². The summed E-state index contributed by atoms with van der Waals surface area (Å²) in [5.74, 6) is -1.53. The molecule has 0 bridgehead atoms. The summed E-state index contributed by atoms with van der Waals surface area (Å²) in [7, 11) is 0. The molecule has 9 nitrogen and oxygen atoms in total. The molecule has 0 fully saturated rings. The van der Waals surface area contributed by atoms with E-state index in [2.05, 4.69) is 15.1 Å². The summed E-state index contributed by atoms with van der Waals surface area (Å²) in [6, 6.07) is 6.83. The van der Waals surface area contributed by atoms with Gasteiger partial charge in [0, 0.05) is 11.3 Å². The molecule has 3 rings (SSSR count). The molecule has 0 aliphatic carbocycles. The van der Waals surface area contributed by atoms with Crippen LogP contribution in [-0.4, -0.2) is 50.7 Å². The predicted molar refractivity (Wildman–Crippen MR) is 106 cm³/mol. The first kappa shape index (κ1) is 21.0. The van der Waals surface area contributed by atoms with E-state index < -0.39 is 24.3 Å². The Kier molecular flexibility index (Phi) is 6.41. The third-order valence-electron chi connectivity index (χ3n) is 4.53. The standard InChI is InChI=1S/C21H22N4O5/c1-4-29-21(28)19-13(2)18(14(3)24-19)17(26)10-30-20(27)16-7-5-15(6-8-16)9-25-12-22-11-23-25/h5-8,11-12,24H,4,9-10H2,1-3H3. The van der Waals surface area contributed by atoms with Gasteiger partial charge in [-0.3, -0.25) is 4.79 Å². The second kappa shape index (κ2) is 9.17. The molecule has 30 heavy (non-hydrogen) atoms. The zero-order valence-electron chi connectivity index (χ0n) is 17.0. The molecule has 3 aromatic rings. The Balaban J connectivity index is 1.62. The third kappa shape index (κ3) is 4.62. The fourth-order valence-corrected chi connectivity index (χ4v) is 3.11. The summed E-state index contributed by atoms with van der Waals surface area (Å²) in [5.41, 5.74) is 2.83. The molecule has 1 N–H and O–H groups in total. The maximum absolute atomic E-state index is 12.6. The number of aromatic amines is 1. The molecular formula is C21H22N4O5. The normalized spacial score (nSPS) is 10.6. The lowest BCUT2D eigenvalue weighted by molar-refractivity contribution is 0.0473. The van der Waals surface area contributed by atoms with Gasteiger partial charge in [0.25, 0.3) is 0 Å². The topological polar surface area (TPSA) is 116 Å². The summed E-state index contributed by atoms with van der Waals surface area (Å²) in [4.78, 5) is 43.6. The monoisotopic (exact) mass is 410 g/mol. The number of nitrogens with zero attached hydrogens (tertiary/aromatic N) is 3. The van der Waals surface area contributed by atoms with E-state index in [0.717, 1.165) is 5.56 Å². The molecule has 0 aliphatic heterocycles. The highest BCUT2D eigenvalue weighted by molar-refractivity contribution is 6.04. The van der Waals surface area contributed by atoms with Crippen LogP contribution in [0.4, 0.5) is 0 Å². The van der Waals surface area contributed by atoms with Crippen LogP contribution in [-0.2, 0) is 16.0 Å². The van der Waals surface area contributed by atoms with E-state index >= 15 is 0 Å². The predicted octanol–water partition coefficient (Wildman–Crippen LogP) is 2.49. The first-order valence-corrected chi connectivity index (χ1v) is 9.38. The van der Waals surface area contributed by atoms with Gasteiger partial charge in [0.05, 0.1) is 18.7 Å². The molecule has 2 aromatic heterocycles. The Bertz CT molecular complexity index is 1050. The van der Waals surface area contributed by atoms with Gasteiger partial charge in [-0.15, -0.1) is 0 Å². The summed E-state index contributed by atoms with van der Waals surface area (Å²) >= 11 is 0. The highest BCUT2D eigenvalue weighted by Crippen LogP contribution is 2.20. The molecule has 2 heterocycles. The number of H-pyrrole nitrogens is 1. The number of ether oxygens (including phenoxy) is 2. The number of rotatable bonds is 8. The van der Waals surface area contributed by atoms with Gasteiger partial charge in [0.1, 0.15) is 18.3 Å². The van der Waals surface area contributed by atoms with Crippen molar-refractivity contribution in [3.63, 3.8) is 0 Å². The highest BCUT2D eigenvalue weighted by atomic mass is 16.5. The number of hydrogen-bond acceptors (Lipinski definition) is 7. The molecule has 156 valence electrons. The molecule has 0 saturated carbocycles. The number of Topliss-reactive ketones (excluding diaryl/α,β-unsaturated/α-hetero) is 1. The van der Waals surface area contributed by atoms with Crippen molar-refractivity contribution in [1.82, 2.24) is 19.7 Å². The minimum Gasteiger partial charge on any atom is -0.461 e. The first-order chi connectivity index (χ1) is 14.4. The zero-order valence-corrected chi connectivity index (χ0v) is 17.0. The second-order valence-electron chi connectivity index (χ2n) is 6.63. The summed E-state index contributed by atoms with van der Waals surface area (Å²) < 4.78 is 11.8. The number of nitrogens with one attached hydrogen (secondary N) is 1. The number of benzene rings is 1. The Morgan fingerprint density at radius 3 is 2.43 bits per heavy atom. The van der Waals surface area contributed by atoms with Crippen LogP contribution in [0.15, 0.2) is 36.9 Å². The average molecular weight is 410 g/mol. The summed E-state index contributed by atoms with van der Waals surface area (Å²) in [6.07, 6.45) is 3.05. The van der Waals surface area contributed by atoms with Crippen molar-refractivity contribution < 1.29 is 23.9 Å². The molecule has 0 radical (unpaired) electrons. The molecule has 1 aromatic carbocycles. The summed E-state index contributed by atoms with van der Waals surface area (Å²) in [5, 5.41) is 4.03. The highest BCUT2D eigenvalue weighted by Gasteiger charge is 2.23. The van der Waals surface area contributed by atoms with Gasteiger partial charge in [0.15, 0.2) is 6.61 Å². The lowest BCUT2D eigenvalue weighted by atomic mass is 10.1. The minimum absolute atomic E-state index is 0.229. The molecule has 9 heteroatoms. The van der Waals surface area contributed by atoms with E-state index in [0.29, 0.717) is 28.9 Å². The molecule has 0 saturated heterocycles. The van der Waals surface area contributed by atoms with E-state index in [1.54, 1.807) is 56.0 Å². The van der Waals surface area contributed by atoms with Crippen molar-refractivity contribution >= 4 is 17.7 Å². The maximum atomic E-state index is 12.6. The number of hydrogen-bond donors (Lipinski definition) is 1. The quantitative estimate of drug-likeness (QED) is 0.448. The minimum atomic E-state index is -0.605. The first-order valence-electron chi connectivity index (χ1n) is 9.38. The largest absolute Gasteiger partial charge is 0.461 e. The molecule has 0 unspecified atom stereocenters. The van der Waals surface area contributed by atoms with Crippen molar-refractivity contribution in [2.24, 2.45) is 0 Å². The Morgan fingerprint density at radius 2 is 1.80 bits per heavy atom. The van der Waals surface area contributed by atoms with E-state index in [9.17, 15) is 14.4 Å². The van der Waals surface area contributed by atoms with Crippen LogP contribution in [0.5, 0.6) is 0 Å². The van der Waals surface area contributed by atoms with Crippen LogP contribution in [0.2, 0.25) is 0 Å². The molecule has 0 aliphatic rings. The number of ketones is 1. The van der Waals surface area contributed by atoms with Crippen LogP contribution in [0.3, 0.4) is 0 Å². The van der Waals surface area contributed by atoms with E-state index in [4.69, 9.17) is 9.47 Å². The van der Waals surface area contributed by atoms with E-state index in [1.165, 1.54) is 6.33 Å². The van der Waals surface area contributed by atoms with Crippen LogP contribution >= 0.6 is 0 Å². The SMILES string of the molecule is CCOC(=O)c1[nH]c(C)c(C(=O)COC(=O)c2ccc(Cn3cncn3)cc2)c1C. The second-order valence-corrected chi connectivity index (χ2v) is 6.63. The molecule has 0 atom stereocenters. The fraction of sp³-hybridized carbons (Fsp3) is 0.286. The number of carbonyl (C=O) groups excluding carboxylic acids is 3. The molecule has 0 amide bonds. The lowest BCUT2D eigenvalue weighted by Crippen LogP contribution is -2.15. The van der Waals surface area contributed by atoms with Crippen molar-refractivity contribution in [2.45, 2.75) is 27.3 Å². The van der Waals surface area contributed by atoms with Crippen molar-refractivity contribution in [3.8, 4) is 0 Å². The van der Waals surface area contributed by atoms with Crippen molar-refractivity contribution in [1.29, 1.82) is 0 Å². The number of esters is 2. The Hall–Kier alpha value is -3.75. The van der Waals surface area contributed by atoms with Crippen LogP contribution in [0.1, 0.15) is 54.9 Å². The molecular weight excluding hydrogens is 388 g/mol. The van der Waals surface area contributed by atoms with Gasteiger partial charge in [-0.05, 0) is 44.0 Å². The van der Waals surface area contributed by atoms with Crippen LogP contribution in [0.25, 0.3) is 0 Å². The maximum Gasteiger partial charge on any atom is 0.355 e. The van der Waals surface area contributed by atoms with Crippen molar-refractivity contribution in [2.75, 3.05) is 13.2 Å². The Morgan fingerprint density at radius 1 is 1.07 bits per heavy atom. The lowest BCUT2D eigenvalue weighted by Gasteiger charge is -2.07. The third-order valence-corrected chi connectivity index (χ3v) is 4.53. The average Bonchev–Trinajstić information content (AvgIpc) is 3.34. The van der Waals surface area contributed by atoms with Gasteiger partial charge >= 0.3 is 11.9 Å². The van der Waals surface area contributed by atoms with Crippen LogP contribution < -0.4 is 0 Å². The summed E-state index contributed by atoms with van der Waals surface area (Å²) in [6.45, 7) is 5.37.